The molecule has 0 bridgehead atoms. The van der Waals surface area contributed by atoms with E-state index in [0.717, 1.165) is 5.71 Å². The van der Waals surface area contributed by atoms with Crippen LogP contribution in [0.1, 0.15) is 25.0 Å². The standard InChI is InChI=1S/C18H20N3/c1-14-8-10-16(11-9-14)17-7-5-6-12-18(3,13-17)15(2)20-21-19-4/h4-13,21H,1-3H3/q+1/b20-15+. The van der Waals surface area contributed by atoms with E-state index in [4.69, 9.17) is 6.57 Å². The number of hydrogen-bond donors (Lipinski definition) is 1. The summed E-state index contributed by atoms with van der Waals surface area (Å²) >= 11 is 0. The Bertz CT molecular complexity index is 669. The first-order chi connectivity index (χ1) is 10.0. The zero-order chi connectivity index (χ0) is 15.3. The Balaban J connectivity index is 2.42. The number of aryl methyl sites for hydroxylation is 1. The number of hydrazone groups is 1. The van der Waals surface area contributed by atoms with Gasteiger partial charge in [0.2, 0.25) is 0 Å². The molecule has 21 heavy (non-hydrogen) atoms. The van der Waals surface area contributed by atoms with Crippen molar-refractivity contribution in [2.45, 2.75) is 20.8 Å². The van der Waals surface area contributed by atoms with Crippen LogP contribution in [0.3, 0.4) is 0 Å². The lowest BCUT2D eigenvalue weighted by Gasteiger charge is -2.18. The number of benzene rings is 1. The Labute approximate surface area is 126 Å². The van der Waals surface area contributed by atoms with E-state index in [9.17, 15) is 0 Å². The minimum Gasteiger partial charge on any atom is -0.0671 e. The van der Waals surface area contributed by atoms with Gasteiger partial charge in [0.25, 0.3) is 0 Å². The fourth-order valence-corrected chi connectivity index (χ4v) is 2.21. The van der Waals surface area contributed by atoms with Crippen molar-refractivity contribution in [1.82, 2.24) is 5.53 Å². The van der Waals surface area contributed by atoms with Crippen molar-refractivity contribution in [2.75, 3.05) is 0 Å². The molecule has 1 unspecified atom stereocenters. The van der Waals surface area contributed by atoms with Crippen molar-refractivity contribution in [3.05, 3.63) is 70.7 Å². The third-order valence-electron chi connectivity index (χ3n) is 3.72. The second kappa shape index (κ2) is 6.23. The van der Waals surface area contributed by atoms with Gasteiger partial charge in [0, 0.05) is 17.6 Å². The molecule has 1 aromatic carbocycles. The van der Waals surface area contributed by atoms with E-state index in [0.29, 0.717) is 0 Å². The van der Waals surface area contributed by atoms with E-state index in [1.54, 1.807) is 0 Å². The molecule has 1 atom stereocenters. The van der Waals surface area contributed by atoms with Crippen LogP contribution in [0.25, 0.3) is 10.5 Å². The minimum atomic E-state index is -0.290. The molecule has 106 valence electrons. The second-order valence-electron chi connectivity index (χ2n) is 5.39. The van der Waals surface area contributed by atoms with E-state index in [1.807, 2.05) is 19.1 Å². The van der Waals surface area contributed by atoms with Crippen molar-refractivity contribution < 1.29 is 0 Å². The highest BCUT2D eigenvalue weighted by Gasteiger charge is 2.27. The van der Waals surface area contributed by atoms with Gasteiger partial charge in [0.05, 0.1) is 5.41 Å². The summed E-state index contributed by atoms with van der Waals surface area (Å²) < 4.78 is 0. The van der Waals surface area contributed by atoms with Crippen LogP contribution in [-0.4, -0.2) is 5.71 Å². The molecule has 1 N–H and O–H groups in total. The molecule has 0 amide bonds. The summed E-state index contributed by atoms with van der Waals surface area (Å²) in [5.41, 5.74) is 6.67. The summed E-state index contributed by atoms with van der Waals surface area (Å²) in [6.07, 6.45) is 10.5. The molecule has 3 nitrogen and oxygen atoms in total. The average Bonchev–Trinajstić information content (AvgIpc) is 2.68. The van der Waals surface area contributed by atoms with Crippen LogP contribution in [0.4, 0.5) is 0 Å². The molecular weight excluding hydrogens is 258 g/mol. The fraction of sp³-hybridized carbons (Fsp3) is 0.222. The molecule has 0 heterocycles. The fourth-order valence-electron chi connectivity index (χ4n) is 2.21. The molecule has 3 heteroatoms. The maximum atomic E-state index is 5.07. The van der Waals surface area contributed by atoms with Crippen LogP contribution in [0.2, 0.25) is 0 Å². The van der Waals surface area contributed by atoms with Crippen molar-refractivity contribution >= 4 is 11.3 Å². The molecule has 0 spiro atoms. The van der Waals surface area contributed by atoms with Gasteiger partial charge >= 0.3 is 0 Å². The number of rotatable bonds is 3. The predicted octanol–water partition coefficient (Wildman–Crippen LogP) is 4.35. The summed E-state index contributed by atoms with van der Waals surface area (Å²) in [5, 5.41) is 4.17. The maximum absolute atomic E-state index is 5.07. The Morgan fingerprint density at radius 2 is 1.95 bits per heavy atom. The minimum absolute atomic E-state index is 0.290. The number of nitrogens with zero attached hydrogens (tertiary/aromatic N) is 2. The maximum Gasteiger partial charge on any atom is 0.172 e. The van der Waals surface area contributed by atoms with E-state index in [1.165, 1.54) is 16.7 Å². The summed E-state index contributed by atoms with van der Waals surface area (Å²) in [6, 6.07) is 8.51. The quantitative estimate of drug-likeness (QED) is 0.646. The van der Waals surface area contributed by atoms with Gasteiger partial charge in [-0.3, -0.25) is 0 Å². The number of nitrogens with one attached hydrogen (secondary N) is 1. The van der Waals surface area contributed by atoms with Crippen molar-refractivity contribution in [3.63, 3.8) is 0 Å². The van der Waals surface area contributed by atoms with Gasteiger partial charge < -0.3 is 0 Å². The molecule has 0 fully saturated rings. The van der Waals surface area contributed by atoms with Crippen molar-refractivity contribution in [2.24, 2.45) is 10.5 Å². The zero-order valence-corrected chi connectivity index (χ0v) is 12.7. The molecule has 0 saturated heterocycles. The second-order valence-corrected chi connectivity index (χ2v) is 5.39. The average molecular weight is 278 g/mol. The summed E-state index contributed by atoms with van der Waals surface area (Å²) in [4.78, 5) is 3.31. The molecule has 2 rings (SSSR count). The van der Waals surface area contributed by atoms with E-state index in [-0.39, 0.29) is 5.41 Å². The SMILES string of the molecule is C#[N+]N/N=C(\C)C1(C)C=CC=CC(c2ccc(C)cc2)=C1. The summed E-state index contributed by atoms with van der Waals surface area (Å²) in [6.45, 7) is 11.2. The Morgan fingerprint density at radius 1 is 1.24 bits per heavy atom. The van der Waals surface area contributed by atoms with Gasteiger partial charge in [0.1, 0.15) is 0 Å². The molecule has 1 aliphatic carbocycles. The molecular formula is C18H20N3+. The van der Waals surface area contributed by atoms with Crippen LogP contribution >= 0.6 is 0 Å². The van der Waals surface area contributed by atoms with Crippen LogP contribution < -0.4 is 5.53 Å². The normalized spacial score (nSPS) is 21.4. The third kappa shape index (κ3) is 3.49. The van der Waals surface area contributed by atoms with Gasteiger partial charge in [-0.2, -0.15) is 0 Å². The predicted molar refractivity (Wildman–Crippen MR) is 90.1 cm³/mol. The Kier molecular flexibility index (Phi) is 4.39. The zero-order valence-electron chi connectivity index (χ0n) is 12.7. The highest BCUT2D eigenvalue weighted by Crippen LogP contribution is 2.31. The molecule has 1 aliphatic rings. The van der Waals surface area contributed by atoms with Crippen molar-refractivity contribution in [1.29, 1.82) is 0 Å². The first-order valence-electron chi connectivity index (χ1n) is 6.91. The lowest BCUT2D eigenvalue weighted by Crippen LogP contribution is -2.22. The smallest absolute Gasteiger partial charge is 0.0671 e. The molecule has 0 aromatic heterocycles. The molecule has 1 aromatic rings. The van der Waals surface area contributed by atoms with E-state index < -0.39 is 0 Å². The summed E-state index contributed by atoms with van der Waals surface area (Å²) in [5.74, 6) is 0. The Morgan fingerprint density at radius 3 is 2.62 bits per heavy atom. The van der Waals surface area contributed by atoms with Crippen LogP contribution in [0.15, 0.2) is 59.7 Å². The number of allylic oxidation sites excluding steroid dienone is 6. The van der Waals surface area contributed by atoms with Gasteiger partial charge in [-0.05, 0) is 25.0 Å². The van der Waals surface area contributed by atoms with Gasteiger partial charge in [-0.1, -0.05) is 65.2 Å². The van der Waals surface area contributed by atoms with Crippen LogP contribution in [-0.2, 0) is 0 Å². The van der Waals surface area contributed by atoms with E-state index >= 15 is 0 Å². The van der Waals surface area contributed by atoms with Crippen molar-refractivity contribution in [3.8, 4) is 6.57 Å². The monoisotopic (exact) mass is 278 g/mol. The molecule has 0 saturated carbocycles. The van der Waals surface area contributed by atoms with Gasteiger partial charge in [0.15, 0.2) is 12.3 Å². The first kappa shape index (κ1) is 14.8. The highest BCUT2D eigenvalue weighted by atomic mass is 15.5. The third-order valence-corrected chi connectivity index (χ3v) is 3.72. The lowest BCUT2D eigenvalue weighted by atomic mass is 9.83. The van der Waals surface area contributed by atoms with Gasteiger partial charge in [-0.15, -0.1) is 0 Å². The number of hydrogen-bond acceptors (Lipinski definition) is 2. The van der Waals surface area contributed by atoms with Crippen LogP contribution in [0, 0.1) is 18.9 Å². The van der Waals surface area contributed by atoms with Crippen LogP contribution in [0.5, 0.6) is 0 Å². The topological polar surface area (TPSA) is 28.8 Å². The summed E-state index contributed by atoms with van der Waals surface area (Å²) in [7, 11) is 0. The molecule has 0 aliphatic heterocycles. The first-order valence-corrected chi connectivity index (χ1v) is 6.91. The lowest BCUT2D eigenvalue weighted by molar-refractivity contribution is 0.751. The van der Waals surface area contributed by atoms with E-state index in [2.05, 4.69) is 71.9 Å². The Hall–Kier alpha value is -2.60. The molecule has 0 radical (unpaired) electrons. The largest absolute Gasteiger partial charge is 0.172 e. The highest BCUT2D eigenvalue weighted by molar-refractivity contribution is 5.94. The van der Waals surface area contributed by atoms with Gasteiger partial charge in [-0.25, -0.2) is 0 Å².